The highest BCUT2D eigenvalue weighted by Crippen LogP contribution is 2.43. The molecule has 0 rings (SSSR count). The Morgan fingerprint density at radius 2 is 1.08 bits per heavy atom. The molecule has 8 nitrogen and oxygen atoms in total. The number of aliphatic hydroxyl groups excluding tert-OH is 1. The summed E-state index contributed by atoms with van der Waals surface area (Å²) in [5.74, 6) is -0.210. The van der Waals surface area contributed by atoms with Crippen molar-refractivity contribution in [3.63, 3.8) is 0 Å². The number of phosphoric acid groups is 1. The van der Waals surface area contributed by atoms with E-state index in [1.165, 1.54) is 122 Å². The van der Waals surface area contributed by atoms with E-state index in [0.717, 1.165) is 38.5 Å². The van der Waals surface area contributed by atoms with Crippen LogP contribution in [0.3, 0.4) is 0 Å². The minimum atomic E-state index is -4.34. The molecule has 0 aromatic rings. The fourth-order valence-corrected chi connectivity index (χ4v) is 6.37. The van der Waals surface area contributed by atoms with E-state index in [9.17, 15) is 19.4 Å². The summed E-state index contributed by atoms with van der Waals surface area (Å²) < 4.78 is 22.0. The maximum atomic E-state index is 12.7. The van der Waals surface area contributed by atoms with Crippen LogP contribution in [-0.2, 0) is 18.4 Å². The molecule has 5 N–H and O–H groups in total. The first-order valence-electron chi connectivity index (χ1n) is 20.1. The van der Waals surface area contributed by atoms with Gasteiger partial charge >= 0.3 is 7.82 Å². The van der Waals surface area contributed by atoms with Gasteiger partial charge in [-0.15, -0.1) is 0 Å². The normalized spacial score (nSPS) is 14.6. The Kier molecular flexibility index (Phi) is 35.6. The Hall–Kier alpha value is -1.28. The molecule has 0 aromatic carbocycles. The van der Waals surface area contributed by atoms with Crippen molar-refractivity contribution >= 4 is 13.7 Å². The lowest BCUT2D eigenvalue weighted by atomic mass is 10.1. The molecule has 0 radical (unpaired) electrons. The van der Waals surface area contributed by atoms with Crippen LogP contribution in [0.1, 0.15) is 181 Å². The zero-order chi connectivity index (χ0) is 36.1. The number of allylic oxidation sites excluding steroid dienone is 5. The maximum Gasteiger partial charge on any atom is 0.472 e. The lowest BCUT2D eigenvalue weighted by Gasteiger charge is -2.23. The van der Waals surface area contributed by atoms with Crippen LogP contribution in [0, 0.1) is 0 Å². The molecule has 0 saturated heterocycles. The first-order valence-corrected chi connectivity index (χ1v) is 21.6. The Bertz CT molecular complexity index is 866. The molecular formula is C40H77N2O6P. The summed E-state index contributed by atoms with van der Waals surface area (Å²) in [7, 11) is -4.34. The van der Waals surface area contributed by atoms with Crippen LogP contribution in [0.5, 0.6) is 0 Å². The van der Waals surface area contributed by atoms with E-state index in [2.05, 4.69) is 43.5 Å². The molecule has 0 fully saturated rings. The SMILES string of the molecule is CCCCCCCC/C=C\CCCCCCCCCC(=O)NC(COP(=O)(O)OCCN)C(O)/C=C/CC/C=C/CCCCCCCCC. The summed E-state index contributed by atoms with van der Waals surface area (Å²) in [5, 5.41) is 13.6. The van der Waals surface area contributed by atoms with Gasteiger partial charge in [0.1, 0.15) is 0 Å². The Morgan fingerprint density at radius 1 is 0.653 bits per heavy atom. The van der Waals surface area contributed by atoms with Crippen LogP contribution in [0.15, 0.2) is 36.5 Å². The molecule has 3 atom stereocenters. The second-order valence-electron chi connectivity index (χ2n) is 13.5. The molecule has 0 spiro atoms. The number of nitrogens with one attached hydrogen (secondary N) is 1. The van der Waals surface area contributed by atoms with Gasteiger partial charge in [0.05, 0.1) is 25.4 Å². The first-order chi connectivity index (χ1) is 23.9. The highest BCUT2D eigenvalue weighted by Gasteiger charge is 2.26. The number of carbonyl (C=O) groups is 1. The van der Waals surface area contributed by atoms with Crippen molar-refractivity contribution in [3.05, 3.63) is 36.5 Å². The highest BCUT2D eigenvalue weighted by molar-refractivity contribution is 7.47. The van der Waals surface area contributed by atoms with Crippen LogP contribution in [0.4, 0.5) is 0 Å². The molecule has 288 valence electrons. The quantitative estimate of drug-likeness (QED) is 0.0286. The number of unbranched alkanes of at least 4 members (excludes halogenated alkanes) is 21. The number of hydrogen-bond donors (Lipinski definition) is 4. The zero-order valence-corrected chi connectivity index (χ0v) is 32.6. The molecule has 0 aromatic heterocycles. The van der Waals surface area contributed by atoms with E-state index < -0.39 is 20.0 Å². The van der Waals surface area contributed by atoms with Crippen LogP contribution in [-0.4, -0.2) is 47.8 Å². The average Bonchev–Trinajstić information content (AvgIpc) is 3.09. The number of hydrogen-bond acceptors (Lipinski definition) is 6. The van der Waals surface area contributed by atoms with E-state index in [4.69, 9.17) is 14.8 Å². The lowest BCUT2D eigenvalue weighted by molar-refractivity contribution is -0.123. The topological polar surface area (TPSA) is 131 Å². The maximum absolute atomic E-state index is 12.7. The molecule has 9 heteroatoms. The third-order valence-electron chi connectivity index (χ3n) is 8.69. The van der Waals surface area contributed by atoms with E-state index in [1.54, 1.807) is 6.08 Å². The van der Waals surface area contributed by atoms with Gasteiger partial charge in [-0.25, -0.2) is 4.57 Å². The van der Waals surface area contributed by atoms with Crippen LogP contribution in [0.2, 0.25) is 0 Å². The molecule has 0 saturated carbocycles. The minimum absolute atomic E-state index is 0.0730. The minimum Gasteiger partial charge on any atom is -0.387 e. The van der Waals surface area contributed by atoms with Crippen molar-refractivity contribution in [1.29, 1.82) is 0 Å². The van der Waals surface area contributed by atoms with Crippen molar-refractivity contribution in [2.24, 2.45) is 5.73 Å². The monoisotopic (exact) mass is 713 g/mol. The van der Waals surface area contributed by atoms with E-state index in [0.29, 0.717) is 6.42 Å². The summed E-state index contributed by atoms with van der Waals surface area (Å²) in [6.07, 6.45) is 41.9. The standard InChI is InChI=1S/C40H77N2O6P/c1-3-5-7-9-11-13-15-17-18-19-20-22-24-26-28-30-32-34-40(44)42-38(37-48-49(45,46)47-36-35-41)39(43)33-31-29-27-25-23-21-16-14-12-10-8-6-4-2/h17-18,23,25,31,33,38-39,43H,3-16,19-22,24,26-30,32,34-37,41H2,1-2H3,(H,42,44)(H,45,46)/b18-17-,25-23+,33-31+. The van der Waals surface area contributed by atoms with Gasteiger partial charge in [0.25, 0.3) is 0 Å². The summed E-state index contributed by atoms with van der Waals surface area (Å²) in [6.45, 7) is 4.08. The van der Waals surface area contributed by atoms with E-state index >= 15 is 0 Å². The Labute approximate surface area is 301 Å². The predicted molar refractivity (Wildman–Crippen MR) is 208 cm³/mol. The van der Waals surface area contributed by atoms with E-state index in [1.807, 2.05) is 6.08 Å². The van der Waals surface area contributed by atoms with Gasteiger partial charge in [-0.05, 0) is 57.8 Å². The van der Waals surface area contributed by atoms with Crippen molar-refractivity contribution in [3.8, 4) is 0 Å². The molecule has 1 amide bonds. The predicted octanol–water partition coefficient (Wildman–Crippen LogP) is 10.8. The van der Waals surface area contributed by atoms with Gasteiger partial charge in [0.15, 0.2) is 0 Å². The number of nitrogens with two attached hydrogens (primary N) is 1. The average molecular weight is 713 g/mol. The molecular weight excluding hydrogens is 635 g/mol. The molecule has 0 aliphatic heterocycles. The van der Waals surface area contributed by atoms with E-state index in [-0.39, 0.29) is 25.7 Å². The molecule has 0 aliphatic carbocycles. The fraction of sp³-hybridized carbons (Fsp3) is 0.825. The molecule has 0 heterocycles. The van der Waals surface area contributed by atoms with Gasteiger partial charge in [0, 0.05) is 13.0 Å². The van der Waals surface area contributed by atoms with Crippen molar-refractivity contribution in [2.45, 2.75) is 193 Å². The highest BCUT2D eigenvalue weighted by atomic mass is 31.2. The Balaban J connectivity index is 4.30. The molecule has 0 aliphatic rings. The molecule has 3 unspecified atom stereocenters. The van der Waals surface area contributed by atoms with Crippen LogP contribution >= 0.6 is 7.82 Å². The Morgan fingerprint density at radius 3 is 1.57 bits per heavy atom. The second-order valence-corrected chi connectivity index (χ2v) is 14.9. The summed E-state index contributed by atoms with van der Waals surface area (Å²) in [6, 6.07) is -0.876. The number of phosphoric ester groups is 1. The second kappa shape index (κ2) is 36.5. The fourth-order valence-electron chi connectivity index (χ4n) is 5.61. The summed E-state index contributed by atoms with van der Waals surface area (Å²) in [4.78, 5) is 22.6. The lowest BCUT2D eigenvalue weighted by Crippen LogP contribution is -2.45. The molecule has 49 heavy (non-hydrogen) atoms. The van der Waals surface area contributed by atoms with Crippen LogP contribution in [0.25, 0.3) is 0 Å². The number of amides is 1. The van der Waals surface area contributed by atoms with Gasteiger partial charge < -0.3 is 21.1 Å². The smallest absolute Gasteiger partial charge is 0.387 e. The number of aliphatic hydroxyl groups is 1. The zero-order valence-electron chi connectivity index (χ0n) is 31.7. The van der Waals surface area contributed by atoms with Crippen molar-refractivity contribution in [2.75, 3.05) is 19.8 Å². The van der Waals surface area contributed by atoms with Gasteiger partial charge in [-0.1, -0.05) is 153 Å². The summed E-state index contributed by atoms with van der Waals surface area (Å²) >= 11 is 0. The largest absolute Gasteiger partial charge is 0.472 e. The number of carbonyl (C=O) groups excluding carboxylic acids is 1. The van der Waals surface area contributed by atoms with Crippen molar-refractivity contribution in [1.82, 2.24) is 5.32 Å². The molecule has 0 bridgehead atoms. The third-order valence-corrected chi connectivity index (χ3v) is 9.67. The van der Waals surface area contributed by atoms with Gasteiger partial charge in [-0.3, -0.25) is 13.8 Å². The van der Waals surface area contributed by atoms with Crippen molar-refractivity contribution < 1.29 is 28.4 Å². The third kappa shape index (κ3) is 34.9. The van der Waals surface area contributed by atoms with Crippen LogP contribution < -0.4 is 11.1 Å². The summed E-state index contributed by atoms with van der Waals surface area (Å²) in [5.41, 5.74) is 5.36. The van der Waals surface area contributed by atoms with Gasteiger partial charge in [-0.2, -0.15) is 0 Å². The first kappa shape index (κ1) is 47.7. The number of rotatable bonds is 37. The van der Waals surface area contributed by atoms with Gasteiger partial charge in [0.2, 0.25) is 5.91 Å².